The third kappa shape index (κ3) is 1.66. The lowest BCUT2D eigenvalue weighted by Crippen LogP contribution is -2.01. The number of carbonyl (C=O) groups excluding carboxylic acids is 1. The van der Waals surface area contributed by atoms with E-state index in [9.17, 15) is 9.18 Å². The van der Waals surface area contributed by atoms with Gasteiger partial charge in [0.05, 0.1) is 6.10 Å². The summed E-state index contributed by atoms with van der Waals surface area (Å²) in [6.07, 6.45) is 3.78. The minimum absolute atomic E-state index is 0.122. The van der Waals surface area contributed by atoms with Crippen LogP contribution in [0.15, 0.2) is 12.3 Å². The molecule has 0 amide bonds. The number of carbonyl (C=O) groups is 1. The highest BCUT2D eigenvalue weighted by Crippen LogP contribution is 2.28. The maximum Gasteiger partial charge on any atom is 0.194 e. The minimum atomic E-state index is -0.663. The van der Waals surface area contributed by atoms with Crippen molar-refractivity contribution in [3.05, 3.63) is 23.8 Å². The molecule has 0 saturated heterocycles. The molecule has 1 saturated carbocycles. The molecule has 0 radical (unpaired) electrons. The predicted molar refractivity (Wildman–Crippen MR) is 43.2 cm³/mol. The van der Waals surface area contributed by atoms with Crippen LogP contribution in [0, 0.1) is 5.82 Å². The van der Waals surface area contributed by atoms with Gasteiger partial charge in [-0.05, 0) is 12.8 Å². The van der Waals surface area contributed by atoms with Crippen LogP contribution < -0.4 is 4.74 Å². The van der Waals surface area contributed by atoms with Gasteiger partial charge in [-0.25, -0.2) is 4.39 Å². The average molecular weight is 181 g/mol. The number of hydrogen-bond donors (Lipinski definition) is 0. The van der Waals surface area contributed by atoms with E-state index in [4.69, 9.17) is 4.74 Å². The summed E-state index contributed by atoms with van der Waals surface area (Å²) in [7, 11) is 0. The zero-order valence-electron chi connectivity index (χ0n) is 6.87. The van der Waals surface area contributed by atoms with Crippen LogP contribution in [0.5, 0.6) is 5.75 Å². The highest BCUT2D eigenvalue weighted by Gasteiger charge is 2.25. The third-order valence-corrected chi connectivity index (χ3v) is 1.81. The Balaban J connectivity index is 2.27. The molecular weight excluding hydrogens is 173 g/mol. The Bertz CT molecular complexity index is 336. The molecule has 1 aliphatic rings. The molecule has 4 heteroatoms. The topological polar surface area (TPSA) is 39.2 Å². The molecule has 0 spiro atoms. The van der Waals surface area contributed by atoms with Crippen molar-refractivity contribution in [2.75, 3.05) is 0 Å². The van der Waals surface area contributed by atoms with Gasteiger partial charge in [0.1, 0.15) is 5.69 Å². The monoisotopic (exact) mass is 181 g/mol. The lowest BCUT2D eigenvalue weighted by Gasteiger charge is -2.05. The normalized spacial score (nSPS) is 15.5. The first-order valence-corrected chi connectivity index (χ1v) is 4.07. The zero-order valence-corrected chi connectivity index (χ0v) is 6.87. The molecule has 0 unspecified atom stereocenters. The molecule has 0 aromatic carbocycles. The minimum Gasteiger partial charge on any atom is -0.487 e. The summed E-state index contributed by atoms with van der Waals surface area (Å²) in [5.41, 5.74) is -0.196. The van der Waals surface area contributed by atoms with E-state index in [1.165, 1.54) is 12.3 Å². The molecule has 0 aliphatic heterocycles. The number of halogens is 1. The van der Waals surface area contributed by atoms with E-state index in [2.05, 4.69) is 4.98 Å². The highest BCUT2D eigenvalue weighted by atomic mass is 19.1. The summed E-state index contributed by atoms with van der Waals surface area (Å²) in [5.74, 6) is -0.538. The number of aldehydes is 1. The molecule has 0 N–H and O–H groups in total. The van der Waals surface area contributed by atoms with E-state index in [0.717, 1.165) is 12.8 Å². The Labute approximate surface area is 74.5 Å². The molecule has 68 valence electrons. The fraction of sp³-hybridized carbons (Fsp3) is 0.333. The second kappa shape index (κ2) is 3.12. The van der Waals surface area contributed by atoms with Crippen molar-refractivity contribution in [2.24, 2.45) is 0 Å². The van der Waals surface area contributed by atoms with Gasteiger partial charge >= 0.3 is 0 Å². The van der Waals surface area contributed by atoms with Crippen molar-refractivity contribution >= 4 is 6.29 Å². The second-order valence-corrected chi connectivity index (χ2v) is 2.94. The van der Waals surface area contributed by atoms with Gasteiger partial charge in [-0.15, -0.1) is 0 Å². The molecule has 1 fully saturated rings. The Kier molecular flexibility index (Phi) is 1.96. The standard InChI is InChI=1S/C9H8FNO2/c10-9-7(5-12)11-4-3-8(9)13-6-1-2-6/h3-6H,1-2H2. The van der Waals surface area contributed by atoms with Gasteiger partial charge in [0.25, 0.3) is 0 Å². The van der Waals surface area contributed by atoms with Crippen LogP contribution in [0.4, 0.5) is 4.39 Å². The van der Waals surface area contributed by atoms with Gasteiger partial charge in [-0.2, -0.15) is 0 Å². The first-order chi connectivity index (χ1) is 6.31. The fourth-order valence-electron chi connectivity index (χ4n) is 0.980. The Morgan fingerprint density at radius 1 is 1.62 bits per heavy atom. The van der Waals surface area contributed by atoms with E-state index in [-0.39, 0.29) is 17.5 Å². The van der Waals surface area contributed by atoms with E-state index in [0.29, 0.717) is 6.29 Å². The van der Waals surface area contributed by atoms with Gasteiger partial charge in [0.2, 0.25) is 0 Å². The largest absolute Gasteiger partial charge is 0.487 e. The molecular formula is C9H8FNO2. The van der Waals surface area contributed by atoms with Crippen molar-refractivity contribution in [2.45, 2.75) is 18.9 Å². The van der Waals surface area contributed by atoms with Crippen LogP contribution in [0.2, 0.25) is 0 Å². The number of ether oxygens (including phenoxy) is 1. The zero-order chi connectivity index (χ0) is 9.26. The quantitative estimate of drug-likeness (QED) is 0.664. The van der Waals surface area contributed by atoms with Crippen LogP contribution in [0.1, 0.15) is 23.3 Å². The Morgan fingerprint density at radius 2 is 2.38 bits per heavy atom. The molecule has 1 aromatic rings. The van der Waals surface area contributed by atoms with Crippen LogP contribution in [-0.2, 0) is 0 Å². The fourth-order valence-corrected chi connectivity index (χ4v) is 0.980. The van der Waals surface area contributed by atoms with Crippen LogP contribution in [0.3, 0.4) is 0 Å². The molecule has 0 atom stereocenters. The maximum atomic E-state index is 13.2. The number of aromatic nitrogens is 1. The van der Waals surface area contributed by atoms with Gasteiger partial charge in [-0.1, -0.05) is 0 Å². The van der Waals surface area contributed by atoms with Gasteiger partial charge in [0.15, 0.2) is 17.9 Å². The third-order valence-electron chi connectivity index (χ3n) is 1.81. The second-order valence-electron chi connectivity index (χ2n) is 2.94. The first-order valence-electron chi connectivity index (χ1n) is 4.07. The SMILES string of the molecule is O=Cc1nccc(OC2CC2)c1F. The highest BCUT2D eigenvalue weighted by molar-refractivity contribution is 5.72. The van der Waals surface area contributed by atoms with Crippen molar-refractivity contribution in [1.29, 1.82) is 0 Å². The van der Waals surface area contributed by atoms with Crippen molar-refractivity contribution < 1.29 is 13.9 Å². The lowest BCUT2D eigenvalue weighted by atomic mass is 10.3. The molecule has 0 bridgehead atoms. The summed E-state index contributed by atoms with van der Waals surface area (Å²) in [6, 6.07) is 1.43. The van der Waals surface area contributed by atoms with Crippen molar-refractivity contribution in [1.82, 2.24) is 4.98 Å². The molecule has 13 heavy (non-hydrogen) atoms. The number of nitrogens with zero attached hydrogens (tertiary/aromatic N) is 1. The van der Waals surface area contributed by atoms with Gasteiger partial charge in [0, 0.05) is 12.3 Å². The number of rotatable bonds is 3. The average Bonchev–Trinajstić information content (AvgIpc) is 2.92. The van der Waals surface area contributed by atoms with Gasteiger partial charge < -0.3 is 4.74 Å². The van der Waals surface area contributed by atoms with Crippen molar-refractivity contribution in [3.63, 3.8) is 0 Å². The van der Waals surface area contributed by atoms with E-state index in [1.807, 2.05) is 0 Å². The smallest absolute Gasteiger partial charge is 0.194 e. The Morgan fingerprint density at radius 3 is 3.00 bits per heavy atom. The molecule has 1 heterocycles. The summed E-state index contributed by atoms with van der Waals surface area (Å²) >= 11 is 0. The number of pyridine rings is 1. The number of hydrogen-bond acceptors (Lipinski definition) is 3. The summed E-state index contributed by atoms with van der Waals surface area (Å²) in [4.78, 5) is 13.9. The Hall–Kier alpha value is -1.45. The first kappa shape index (κ1) is 8.16. The van der Waals surface area contributed by atoms with E-state index >= 15 is 0 Å². The summed E-state index contributed by atoms with van der Waals surface area (Å²) < 4.78 is 18.5. The maximum absolute atomic E-state index is 13.2. The summed E-state index contributed by atoms with van der Waals surface area (Å²) in [6.45, 7) is 0. The predicted octanol–water partition coefficient (Wildman–Crippen LogP) is 1.57. The van der Waals surface area contributed by atoms with E-state index < -0.39 is 5.82 Å². The lowest BCUT2D eigenvalue weighted by molar-refractivity contribution is 0.111. The molecule has 3 nitrogen and oxygen atoms in total. The van der Waals surface area contributed by atoms with Crippen LogP contribution in [0.25, 0.3) is 0 Å². The van der Waals surface area contributed by atoms with Crippen molar-refractivity contribution in [3.8, 4) is 5.75 Å². The van der Waals surface area contributed by atoms with Crippen LogP contribution >= 0.6 is 0 Å². The summed E-state index contributed by atoms with van der Waals surface area (Å²) in [5, 5.41) is 0. The molecule has 1 aromatic heterocycles. The molecule has 2 rings (SSSR count). The van der Waals surface area contributed by atoms with Gasteiger partial charge in [-0.3, -0.25) is 9.78 Å². The molecule has 1 aliphatic carbocycles. The van der Waals surface area contributed by atoms with Crippen LogP contribution in [-0.4, -0.2) is 17.4 Å². The van der Waals surface area contributed by atoms with E-state index in [1.54, 1.807) is 0 Å².